The Balaban J connectivity index is 0.000000617. The molecule has 1 amide bonds. The fraction of sp³-hybridized carbons (Fsp3) is 0.357. The van der Waals surface area contributed by atoms with E-state index in [0.29, 0.717) is 42.1 Å². The first-order valence-corrected chi connectivity index (χ1v) is 14.4. The maximum Gasteiger partial charge on any atom is 0.430 e. The van der Waals surface area contributed by atoms with Crippen LogP contribution in [0.25, 0.3) is 27.9 Å². The number of hydrogen-bond acceptors (Lipinski definition) is 7. The Kier molecular flexibility index (Phi) is 10.5. The molecule has 0 saturated carbocycles. The molecule has 4 heterocycles. The van der Waals surface area contributed by atoms with E-state index in [9.17, 15) is 39.9 Å². The van der Waals surface area contributed by atoms with Crippen LogP contribution in [0.3, 0.4) is 0 Å². The molecule has 0 bridgehead atoms. The van der Waals surface area contributed by atoms with Gasteiger partial charge in [-0.05, 0) is 34.7 Å². The minimum atomic E-state index is -5.19. The molecule has 1 atom stereocenters. The Morgan fingerprint density at radius 2 is 1.76 bits per heavy atom. The molecule has 1 aromatic carbocycles. The van der Waals surface area contributed by atoms with Crippen molar-refractivity contribution < 1.29 is 59.5 Å². The molecule has 0 radical (unpaired) electrons. The summed E-state index contributed by atoms with van der Waals surface area (Å²) < 4.78 is 103. The van der Waals surface area contributed by atoms with Crippen LogP contribution in [0.1, 0.15) is 22.5 Å². The third-order valence-electron chi connectivity index (χ3n) is 6.67. The minimum Gasteiger partial charge on any atom is -0.542 e. The van der Waals surface area contributed by atoms with E-state index < -0.39 is 36.7 Å². The number of piperidine rings is 1. The number of halogens is 8. The van der Waals surface area contributed by atoms with Crippen LogP contribution in [0.2, 0.25) is 0 Å². The van der Waals surface area contributed by atoms with Gasteiger partial charge in [0.05, 0.1) is 17.6 Å². The molecule has 1 unspecified atom stereocenters. The van der Waals surface area contributed by atoms with Crippen molar-refractivity contribution in [2.24, 2.45) is 0 Å². The van der Waals surface area contributed by atoms with E-state index in [2.05, 4.69) is 10.1 Å². The number of aromatic nitrogens is 3. The maximum atomic E-state index is 13.6. The summed E-state index contributed by atoms with van der Waals surface area (Å²) >= 11 is 1.04. The van der Waals surface area contributed by atoms with Gasteiger partial charge >= 0.3 is 12.4 Å². The summed E-state index contributed by atoms with van der Waals surface area (Å²) in [6.45, 7) is 0.0540. The molecule has 1 saturated heterocycles. The number of nitrogens with zero attached hydrogens (tertiary/aromatic N) is 3. The number of rotatable bonds is 8. The number of hydrogen-bond donors (Lipinski definition) is 2. The molecule has 46 heavy (non-hydrogen) atoms. The van der Waals surface area contributed by atoms with Gasteiger partial charge in [0.2, 0.25) is 0 Å². The van der Waals surface area contributed by atoms with Gasteiger partial charge in [-0.2, -0.15) is 31.4 Å². The van der Waals surface area contributed by atoms with Gasteiger partial charge in [-0.1, -0.05) is 12.1 Å². The third-order valence-corrected chi connectivity index (χ3v) is 7.59. The highest BCUT2D eigenvalue weighted by Crippen LogP contribution is 2.30. The molecule has 5 rings (SSSR count). The van der Waals surface area contributed by atoms with Gasteiger partial charge in [-0.25, -0.2) is 18.3 Å². The summed E-state index contributed by atoms with van der Waals surface area (Å²) in [7, 11) is 0. The number of quaternary nitrogens is 1. The fourth-order valence-electron chi connectivity index (χ4n) is 4.50. The second-order valence-corrected chi connectivity index (χ2v) is 11.1. The Labute approximate surface area is 259 Å². The molecule has 0 spiro atoms. The van der Waals surface area contributed by atoms with Crippen LogP contribution < -0.4 is 20.1 Å². The van der Waals surface area contributed by atoms with Crippen molar-refractivity contribution in [3.8, 4) is 28.0 Å². The average molecular weight is 680 g/mol. The van der Waals surface area contributed by atoms with Gasteiger partial charge in [0.1, 0.15) is 38.0 Å². The lowest BCUT2D eigenvalue weighted by molar-refractivity contribution is -0.913. The summed E-state index contributed by atoms with van der Waals surface area (Å²) in [5.74, 6) is -5.75. The third kappa shape index (κ3) is 9.59. The Morgan fingerprint density at radius 1 is 1.07 bits per heavy atom. The van der Waals surface area contributed by atoms with Gasteiger partial charge < -0.3 is 24.9 Å². The number of carbonyl (C=O) groups excluding carboxylic acids is 2. The van der Waals surface area contributed by atoms with E-state index in [4.69, 9.17) is 14.6 Å². The van der Waals surface area contributed by atoms with Gasteiger partial charge in [0.25, 0.3) is 11.8 Å². The normalized spacial score (nSPS) is 16.4. The van der Waals surface area contributed by atoms with Crippen molar-refractivity contribution in [1.29, 1.82) is 0 Å². The first kappa shape index (κ1) is 34.6. The topological polar surface area (TPSA) is 113 Å². The molecule has 248 valence electrons. The second kappa shape index (κ2) is 14.0. The number of thiophene rings is 1. The Hall–Kier alpha value is -4.32. The molecule has 2 N–H and O–H groups in total. The minimum absolute atomic E-state index is 0.0404. The predicted octanol–water partition coefficient (Wildman–Crippen LogP) is 3.41. The van der Waals surface area contributed by atoms with E-state index in [-0.39, 0.29) is 17.8 Å². The molecule has 3 aromatic heterocycles. The number of carboxylic acid groups (broad SMARTS) is 1. The largest absolute Gasteiger partial charge is 0.542 e. The highest BCUT2D eigenvalue weighted by atomic mass is 32.1. The summed E-state index contributed by atoms with van der Waals surface area (Å²) in [5.41, 5.74) is 3.47. The van der Waals surface area contributed by atoms with Crippen LogP contribution in [-0.4, -0.2) is 77.5 Å². The number of aliphatic carboxylic acids is 1. The van der Waals surface area contributed by atoms with E-state index >= 15 is 0 Å². The van der Waals surface area contributed by atoms with Crippen molar-refractivity contribution in [2.75, 3.05) is 32.8 Å². The molecule has 4 aromatic rings. The highest BCUT2D eigenvalue weighted by molar-refractivity contribution is 7.12. The van der Waals surface area contributed by atoms with Crippen LogP contribution in [0.4, 0.5) is 35.1 Å². The number of benzene rings is 1. The number of amides is 1. The standard InChI is InChI=1S/C26H24F5N5O2S.C2HF3O2/c27-25(28)6-1-7-35(16-25)8-9-38-20-4-2-17(3-5-20)19-11-32-23-21(12-34-36(23)13-19)18-10-22(39-14-18)24(37)33-15-26(29,30)31;3-2(4,5)1(6)7/h2-5,10-14H,1,6-9,15-16H2,(H,33,37);(H,6,7). The van der Waals surface area contributed by atoms with Crippen LogP contribution in [0, 0.1) is 0 Å². The lowest BCUT2D eigenvalue weighted by Gasteiger charge is -2.29. The maximum absolute atomic E-state index is 13.6. The lowest BCUT2D eigenvalue weighted by Crippen LogP contribution is -3.15. The van der Waals surface area contributed by atoms with E-state index in [0.717, 1.165) is 33.9 Å². The first-order chi connectivity index (χ1) is 21.5. The van der Waals surface area contributed by atoms with Crippen molar-refractivity contribution in [2.45, 2.75) is 31.1 Å². The van der Waals surface area contributed by atoms with Crippen LogP contribution in [0.5, 0.6) is 5.75 Å². The molecule has 18 heteroatoms. The number of fused-ring (bicyclic) bond motifs is 1. The van der Waals surface area contributed by atoms with Crippen molar-refractivity contribution in [3.05, 3.63) is 59.2 Å². The molecule has 1 aliphatic heterocycles. The number of nitrogens with one attached hydrogen (secondary N) is 2. The summed E-state index contributed by atoms with van der Waals surface area (Å²) in [6.07, 6.45) is -4.14. The number of carboxylic acids is 1. The summed E-state index contributed by atoms with van der Waals surface area (Å²) in [4.78, 5) is 26.3. The quantitative estimate of drug-likeness (QED) is 0.276. The van der Waals surface area contributed by atoms with Gasteiger partial charge in [0.15, 0.2) is 5.65 Å². The van der Waals surface area contributed by atoms with Gasteiger partial charge in [-0.15, -0.1) is 11.3 Å². The fourth-order valence-corrected chi connectivity index (χ4v) is 5.32. The second-order valence-electron chi connectivity index (χ2n) is 10.2. The van der Waals surface area contributed by atoms with Crippen molar-refractivity contribution >= 4 is 28.9 Å². The van der Waals surface area contributed by atoms with E-state index in [1.807, 2.05) is 29.6 Å². The Bertz CT molecular complexity index is 1650. The predicted molar refractivity (Wildman–Crippen MR) is 146 cm³/mol. The number of alkyl halides is 8. The molecule has 1 fully saturated rings. The zero-order valence-corrected chi connectivity index (χ0v) is 24.4. The molecule has 9 nitrogen and oxygen atoms in total. The zero-order chi connectivity index (χ0) is 33.7. The monoisotopic (exact) mass is 679 g/mol. The molecule has 0 aliphatic carbocycles. The van der Waals surface area contributed by atoms with Crippen LogP contribution in [-0.2, 0) is 4.79 Å². The molecular weight excluding hydrogens is 654 g/mol. The van der Waals surface area contributed by atoms with Crippen LogP contribution in [0.15, 0.2) is 54.3 Å². The molecular formula is C28H25F8N5O4S. The highest BCUT2D eigenvalue weighted by Gasteiger charge is 2.38. The number of likely N-dealkylation sites (tertiary alicyclic amines) is 1. The zero-order valence-electron chi connectivity index (χ0n) is 23.6. The average Bonchev–Trinajstić information content (AvgIpc) is 3.62. The number of carbonyl (C=O) groups is 2. The lowest BCUT2D eigenvalue weighted by atomic mass is 10.1. The van der Waals surface area contributed by atoms with Gasteiger partial charge in [0, 0.05) is 36.4 Å². The number of ether oxygens (including phenoxy) is 1. The van der Waals surface area contributed by atoms with Crippen molar-refractivity contribution in [3.63, 3.8) is 0 Å². The molecule has 1 aliphatic rings. The van der Waals surface area contributed by atoms with Crippen molar-refractivity contribution in [1.82, 2.24) is 19.9 Å². The summed E-state index contributed by atoms with van der Waals surface area (Å²) in [6, 6.07) is 8.88. The van der Waals surface area contributed by atoms with Gasteiger partial charge in [-0.3, -0.25) is 4.79 Å². The SMILES string of the molecule is O=C(NCC(F)(F)F)c1cc(-c2cnn3cc(-c4ccc(OCC[NH+]5CCCC(F)(F)C5)cc4)cnc23)cs1.O=C([O-])C(F)(F)F. The summed E-state index contributed by atoms with van der Waals surface area (Å²) in [5, 5.41) is 16.7. The Morgan fingerprint density at radius 3 is 2.39 bits per heavy atom. The smallest absolute Gasteiger partial charge is 0.430 e. The first-order valence-electron chi connectivity index (χ1n) is 13.5. The van der Waals surface area contributed by atoms with E-state index in [1.165, 1.54) is 6.07 Å². The van der Waals surface area contributed by atoms with Crippen LogP contribution >= 0.6 is 11.3 Å². The van der Waals surface area contributed by atoms with E-state index in [1.54, 1.807) is 28.5 Å².